The predicted molar refractivity (Wildman–Crippen MR) is 153 cm³/mol. The van der Waals surface area contributed by atoms with Gasteiger partial charge in [-0.1, -0.05) is 72.8 Å². The van der Waals surface area contributed by atoms with Gasteiger partial charge in [0.1, 0.15) is 5.69 Å². The molecule has 0 saturated heterocycles. The summed E-state index contributed by atoms with van der Waals surface area (Å²) in [5.74, 6) is 0.820. The maximum Gasteiger partial charge on any atom is 0.194 e. The van der Waals surface area contributed by atoms with Crippen molar-refractivity contribution in [1.82, 2.24) is 0 Å². The number of hydrogen-bond acceptors (Lipinski definition) is 4. The first-order chi connectivity index (χ1) is 17.5. The van der Waals surface area contributed by atoms with Crippen LogP contribution in [0.15, 0.2) is 102 Å². The minimum absolute atomic E-state index is 0.820. The zero-order chi connectivity index (χ0) is 24.9. The Morgan fingerprint density at radius 2 is 1.00 bits per heavy atom. The van der Waals surface area contributed by atoms with E-state index in [1.165, 1.54) is 10.8 Å². The van der Waals surface area contributed by atoms with E-state index in [1.54, 1.807) is 0 Å². The average molecular weight is 472 g/mol. The monoisotopic (exact) mass is 471 g/mol. The highest BCUT2D eigenvalue weighted by Crippen LogP contribution is 2.50. The molecule has 1 aliphatic rings. The Bertz CT molecular complexity index is 1550. The van der Waals surface area contributed by atoms with Crippen LogP contribution in [0.2, 0.25) is 0 Å². The summed E-state index contributed by atoms with van der Waals surface area (Å²) in [5, 5.41) is 4.53. The molecule has 0 amide bonds. The van der Waals surface area contributed by atoms with Crippen LogP contribution < -0.4 is 14.5 Å². The molecular formula is C32H29N3O. The third-order valence-corrected chi connectivity index (χ3v) is 7.12. The fraction of sp³-hybridized carbons (Fsp3) is 0.156. The van der Waals surface area contributed by atoms with E-state index >= 15 is 0 Å². The maximum absolute atomic E-state index is 7.14. The summed E-state index contributed by atoms with van der Waals surface area (Å²) >= 11 is 0. The van der Waals surface area contributed by atoms with Gasteiger partial charge in [-0.25, -0.2) is 0 Å². The fourth-order valence-corrected chi connectivity index (χ4v) is 5.11. The lowest BCUT2D eigenvalue weighted by molar-refractivity contribution is 0.190. The molecule has 0 aromatic heterocycles. The molecule has 1 aliphatic heterocycles. The van der Waals surface area contributed by atoms with Crippen molar-refractivity contribution >= 4 is 44.8 Å². The van der Waals surface area contributed by atoms with Crippen LogP contribution in [0.4, 0.5) is 17.1 Å². The van der Waals surface area contributed by atoms with Crippen molar-refractivity contribution in [2.75, 3.05) is 38.0 Å². The van der Waals surface area contributed by atoms with Crippen LogP contribution in [0.25, 0.3) is 21.5 Å². The van der Waals surface area contributed by atoms with Crippen LogP contribution in [0.5, 0.6) is 5.75 Å². The summed E-state index contributed by atoms with van der Waals surface area (Å²) in [4.78, 5) is 9.33. The van der Waals surface area contributed by atoms with Gasteiger partial charge in [0.15, 0.2) is 11.4 Å². The molecule has 6 rings (SSSR count). The van der Waals surface area contributed by atoms with Crippen LogP contribution >= 0.6 is 0 Å². The lowest BCUT2D eigenvalue weighted by Gasteiger charge is -2.36. The van der Waals surface area contributed by atoms with Crippen LogP contribution in [-0.2, 0) is 5.60 Å². The normalized spacial score (nSPS) is 13.9. The number of aliphatic imine (C=N–C) groups is 1. The minimum atomic E-state index is -0.853. The largest absolute Gasteiger partial charge is 0.469 e. The van der Waals surface area contributed by atoms with Crippen molar-refractivity contribution in [2.24, 2.45) is 4.99 Å². The number of nitrogens with zero attached hydrogens (tertiary/aromatic N) is 3. The smallest absolute Gasteiger partial charge is 0.194 e. The second-order valence-electron chi connectivity index (χ2n) is 9.75. The van der Waals surface area contributed by atoms with Crippen LogP contribution in [0.3, 0.4) is 0 Å². The molecule has 0 saturated carbocycles. The number of hydrogen-bond donors (Lipinski definition) is 0. The molecule has 0 aliphatic carbocycles. The van der Waals surface area contributed by atoms with Gasteiger partial charge in [-0.05, 0) is 35.0 Å². The lowest BCUT2D eigenvalue weighted by atomic mass is 9.85. The quantitative estimate of drug-likeness (QED) is 0.260. The lowest BCUT2D eigenvalue weighted by Crippen LogP contribution is -2.38. The molecule has 178 valence electrons. The van der Waals surface area contributed by atoms with E-state index in [9.17, 15) is 0 Å². The number of anilines is 2. The highest BCUT2D eigenvalue weighted by Gasteiger charge is 2.39. The van der Waals surface area contributed by atoms with E-state index in [2.05, 4.69) is 135 Å². The first-order valence-electron chi connectivity index (χ1n) is 12.2. The third kappa shape index (κ3) is 3.41. The summed E-state index contributed by atoms with van der Waals surface area (Å²) in [6.07, 6.45) is 1.98. The number of rotatable bonds is 4. The Labute approximate surface area is 212 Å². The van der Waals surface area contributed by atoms with Crippen molar-refractivity contribution in [3.05, 3.63) is 108 Å². The standard InChI is InChI=1S/C32H29N3O/c1-34(2)24-17-13-22(14-18-24)32(23-15-19-25(20-16-23)35(3)4)21-33-30-28-11-7-5-9-26(28)27-10-6-8-12-29(27)31(30)36-32/h5-21H,1-4H3. The number of fused-ring (bicyclic) bond motifs is 6. The third-order valence-electron chi connectivity index (χ3n) is 7.12. The van der Waals surface area contributed by atoms with E-state index in [1.807, 2.05) is 6.21 Å². The zero-order valence-corrected chi connectivity index (χ0v) is 21.1. The summed E-state index contributed by atoms with van der Waals surface area (Å²) in [6, 6.07) is 34.0. The SMILES string of the molecule is CN(C)c1ccc(C2(c3ccc(N(C)C)cc3)C=Nc3c(c4ccccc4c4ccccc34)O2)cc1. The summed E-state index contributed by atoms with van der Waals surface area (Å²) in [7, 11) is 8.21. The zero-order valence-electron chi connectivity index (χ0n) is 21.1. The minimum Gasteiger partial charge on any atom is -0.469 e. The Kier molecular flexibility index (Phi) is 5.18. The maximum atomic E-state index is 7.14. The molecular weight excluding hydrogens is 442 g/mol. The van der Waals surface area contributed by atoms with E-state index in [-0.39, 0.29) is 0 Å². The Morgan fingerprint density at radius 3 is 1.50 bits per heavy atom. The van der Waals surface area contributed by atoms with Gasteiger partial charge in [0.05, 0.1) is 6.21 Å². The first kappa shape index (κ1) is 22.2. The van der Waals surface area contributed by atoms with E-state index in [0.717, 1.165) is 44.7 Å². The molecule has 5 aromatic rings. The summed E-state index contributed by atoms with van der Waals surface area (Å²) in [6.45, 7) is 0. The molecule has 0 bridgehead atoms. The van der Waals surface area contributed by atoms with Crippen LogP contribution in [0.1, 0.15) is 11.1 Å². The van der Waals surface area contributed by atoms with Gasteiger partial charge in [0, 0.05) is 61.5 Å². The van der Waals surface area contributed by atoms with Gasteiger partial charge >= 0.3 is 0 Å². The molecule has 0 radical (unpaired) electrons. The van der Waals surface area contributed by atoms with Crippen molar-refractivity contribution in [1.29, 1.82) is 0 Å². The Balaban J connectivity index is 1.61. The van der Waals surface area contributed by atoms with Gasteiger partial charge in [-0.3, -0.25) is 4.99 Å². The van der Waals surface area contributed by atoms with Gasteiger partial charge < -0.3 is 14.5 Å². The topological polar surface area (TPSA) is 28.1 Å². The number of benzene rings is 5. The molecule has 0 unspecified atom stereocenters. The molecule has 5 aromatic carbocycles. The molecule has 1 heterocycles. The van der Waals surface area contributed by atoms with Crippen molar-refractivity contribution < 1.29 is 4.74 Å². The average Bonchev–Trinajstić information content (AvgIpc) is 2.93. The summed E-state index contributed by atoms with van der Waals surface area (Å²) in [5.41, 5.74) is 4.39. The number of ether oxygens (including phenoxy) is 1. The second-order valence-corrected chi connectivity index (χ2v) is 9.75. The van der Waals surface area contributed by atoms with Gasteiger partial charge in [0.2, 0.25) is 0 Å². The molecule has 0 N–H and O–H groups in total. The van der Waals surface area contributed by atoms with Crippen LogP contribution in [0, 0.1) is 0 Å². The van der Waals surface area contributed by atoms with Gasteiger partial charge in [-0.2, -0.15) is 0 Å². The van der Waals surface area contributed by atoms with E-state index in [4.69, 9.17) is 9.73 Å². The second kappa shape index (κ2) is 8.42. The van der Waals surface area contributed by atoms with Crippen molar-refractivity contribution in [3.63, 3.8) is 0 Å². The first-order valence-corrected chi connectivity index (χ1v) is 12.2. The Hall–Kier alpha value is -4.31. The highest BCUT2D eigenvalue weighted by molar-refractivity contribution is 6.17. The molecule has 0 atom stereocenters. The Morgan fingerprint density at radius 1 is 0.556 bits per heavy atom. The fourth-order valence-electron chi connectivity index (χ4n) is 5.11. The molecule has 0 spiro atoms. The predicted octanol–water partition coefficient (Wildman–Crippen LogP) is 7.16. The van der Waals surface area contributed by atoms with Crippen molar-refractivity contribution in [3.8, 4) is 5.75 Å². The summed E-state index contributed by atoms with van der Waals surface area (Å²) < 4.78 is 7.14. The molecule has 4 nitrogen and oxygen atoms in total. The van der Waals surface area contributed by atoms with Gasteiger partial charge in [-0.15, -0.1) is 0 Å². The molecule has 0 fully saturated rings. The molecule has 36 heavy (non-hydrogen) atoms. The molecule has 4 heteroatoms. The van der Waals surface area contributed by atoms with E-state index in [0.29, 0.717) is 0 Å². The van der Waals surface area contributed by atoms with Gasteiger partial charge in [0.25, 0.3) is 0 Å². The van der Waals surface area contributed by atoms with Crippen LogP contribution in [-0.4, -0.2) is 34.4 Å². The van der Waals surface area contributed by atoms with Crippen molar-refractivity contribution in [2.45, 2.75) is 5.60 Å². The van der Waals surface area contributed by atoms with E-state index < -0.39 is 5.60 Å². The highest BCUT2D eigenvalue weighted by atomic mass is 16.5.